The normalized spacial score (nSPS) is 11.8. The molecular formula is C19H30ClN5O3. The van der Waals surface area contributed by atoms with E-state index in [0.717, 1.165) is 17.9 Å². The standard InChI is InChI=1S/C19H29N5O3.ClH/c1-13(2)11-15(12-20)21-19(25)18-14(3)22-24(23-18)16-5-7-17(8-6-16)27-10-9-26-4;/h5-8,13,15H,9-12,20H2,1-4H3,(H,21,25);1H. The van der Waals surface area contributed by atoms with Crippen molar-refractivity contribution >= 4 is 18.3 Å². The second kappa shape index (κ2) is 11.6. The Hall–Kier alpha value is -2.16. The fourth-order valence-corrected chi connectivity index (χ4v) is 2.66. The van der Waals surface area contributed by atoms with E-state index in [-0.39, 0.29) is 24.4 Å². The Morgan fingerprint density at radius 1 is 1.21 bits per heavy atom. The van der Waals surface area contributed by atoms with Gasteiger partial charge in [0.1, 0.15) is 12.4 Å². The number of nitrogens with two attached hydrogens (primary N) is 1. The van der Waals surface area contributed by atoms with Crippen molar-refractivity contribution in [3.8, 4) is 11.4 Å². The van der Waals surface area contributed by atoms with Crippen LogP contribution in [0.3, 0.4) is 0 Å². The summed E-state index contributed by atoms with van der Waals surface area (Å²) in [5.74, 6) is 0.923. The summed E-state index contributed by atoms with van der Waals surface area (Å²) >= 11 is 0. The van der Waals surface area contributed by atoms with Crippen molar-refractivity contribution in [2.45, 2.75) is 33.2 Å². The van der Waals surface area contributed by atoms with E-state index in [1.807, 2.05) is 24.3 Å². The van der Waals surface area contributed by atoms with Crippen LogP contribution in [0.25, 0.3) is 5.69 Å². The molecule has 1 amide bonds. The highest BCUT2D eigenvalue weighted by Gasteiger charge is 2.20. The molecule has 0 spiro atoms. The van der Waals surface area contributed by atoms with Crippen molar-refractivity contribution in [3.63, 3.8) is 0 Å². The molecule has 0 bridgehead atoms. The number of halogens is 1. The average molecular weight is 412 g/mol. The number of nitrogens with zero attached hydrogens (tertiary/aromatic N) is 3. The lowest BCUT2D eigenvalue weighted by molar-refractivity contribution is 0.0927. The van der Waals surface area contributed by atoms with E-state index >= 15 is 0 Å². The number of hydrogen-bond donors (Lipinski definition) is 2. The zero-order chi connectivity index (χ0) is 19.8. The zero-order valence-electron chi connectivity index (χ0n) is 16.8. The molecule has 0 aliphatic carbocycles. The molecule has 0 aliphatic rings. The number of methoxy groups -OCH3 is 1. The first-order valence-corrected chi connectivity index (χ1v) is 9.11. The van der Waals surface area contributed by atoms with Gasteiger partial charge in [-0.2, -0.15) is 9.90 Å². The summed E-state index contributed by atoms with van der Waals surface area (Å²) in [6.45, 7) is 7.36. The number of rotatable bonds is 10. The van der Waals surface area contributed by atoms with E-state index in [1.54, 1.807) is 14.0 Å². The monoisotopic (exact) mass is 411 g/mol. The van der Waals surface area contributed by atoms with Gasteiger partial charge in [-0.1, -0.05) is 13.8 Å². The van der Waals surface area contributed by atoms with E-state index < -0.39 is 0 Å². The van der Waals surface area contributed by atoms with Gasteiger partial charge in [-0.05, 0) is 43.5 Å². The van der Waals surface area contributed by atoms with Crippen LogP contribution in [-0.4, -0.2) is 53.8 Å². The van der Waals surface area contributed by atoms with Crippen molar-refractivity contribution in [3.05, 3.63) is 35.7 Å². The summed E-state index contributed by atoms with van der Waals surface area (Å²) in [4.78, 5) is 14.0. The third-order valence-electron chi connectivity index (χ3n) is 4.00. The molecule has 0 radical (unpaired) electrons. The number of amides is 1. The molecule has 0 saturated carbocycles. The maximum Gasteiger partial charge on any atom is 0.274 e. The highest BCUT2D eigenvalue weighted by Crippen LogP contribution is 2.15. The van der Waals surface area contributed by atoms with E-state index in [2.05, 4.69) is 29.4 Å². The first-order chi connectivity index (χ1) is 12.9. The number of aryl methyl sites for hydroxylation is 1. The smallest absolute Gasteiger partial charge is 0.274 e. The van der Waals surface area contributed by atoms with Gasteiger partial charge in [-0.25, -0.2) is 0 Å². The quantitative estimate of drug-likeness (QED) is 0.580. The van der Waals surface area contributed by atoms with Gasteiger partial charge in [0.05, 0.1) is 18.0 Å². The molecule has 0 fully saturated rings. The van der Waals surface area contributed by atoms with E-state index in [4.69, 9.17) is 15.2 Å². The maximum absolute atomic E-state index is 12.5. The molecule has 1 aromatic carbocycles. The van der Waals surface area contributed by atoms with E-state index in [1.165, 1.54) is 4.80 Å². The Balaban J connectivity index is 0.00000392. The summed E-state index contributed by atoms with van der Waals surface area (Å²) < 4.78 is 10.5. The molecule has 9 heteroatoms. The van der Waals surface area contributed by atoms with Crippen molar-refractivity contribution in [1.29, 1.82) is 0 Å². The van der Waals surface area contributed by atoms with Gasteiger partial charge < -0.3 is 20.5 Å². The molecule has 3 N–H and O–H groups in total. The second-order valence-electron chi connectivity index (χ2n) is 6.79. The first-order valence-electron chi connectivity index (χ1n) is 9.11. The molecule has 8 nitrogen and oxygen atoms in total. The van der Waals surface area contributed by atoms with Crippen molar-refractivity contribution in [2.75, 3.05) is 26.9 Å². The van der Waals surface area contributed by atoms with Crippen LogP contribution in [0.1, 0.15) is 36.5 Å². The summed E-state index contributed by atoms with van der Waals surface area (Å²) in [5, 5.41) is 11.6. The zero-order valence-corrected chi connectivity index (χ0v) is 17.7. The molecule has 0 aliphatic heterocycles. The minimum absolute atomic E-state index is 0. The highest BCUT2D eigenvalue weighted by molar-refractivity contribution is 5.93. The third kappa shape index (κ3) is 6.78. The van der Waals surface area contributed by atoms with Crippen LogP contribution in [0.4, 0.5) is 0 Å². The van der Waals surface area contributed by atoms with E-state index in [0.29, 0.717) is 37.1 Å². The molecule has 1 atom stereocenters. The molecule has 1 heterocycles. The number of benzene rings is 1. The Labute approximate surface area is 172 Å². The fourth-order valence-electron chi connectivity index (χ4n) is 2.66. The number of hydrogen-bond acceptors (Lipinski definition) is 6. The Bertz CT molecular complexity index is 734. The number of carbonyl (C=O) groups excluding carboxylic acids is 1. The molecular weight excluding hydrogens is 382 g/mol. The van der Waals surface area contributed by atoms with Crippen molar-refractivity contribution in [2.24, 2.45) is 11.7 Å². The SMILES string of the molecule is COCCOc1ccc(-n2nc(C)c(C(=O)NC(CN)CC(C)C)n2)cc1.Cl. The van der Waals surface area contributed by atoms with Gasteiger partial charge >= 0.3 is 0 Å². The van der Waals surface area contributed by atoms with Crippen LogP contribution in [0.15, 0.2) is 24.3 Å². The number of aromatic nitrogens is 3. The van der Waals surface area contributed by atoms with Crippen LogP contribution < -0.4 is 15.8 Å². The Morgan fingerprint density at radius 2 is 1.89 bits per heavy atom. The summed E-state index contributed by atoms with van der Waals surface area (Å²) in [7, 11) is 1.63. The molecule has 0 saturated heterocycles. The number of carbonyl (C=O) groups is 1. The van der Waals surface area contributed by atoms with Crippen LogP contribution in [0, 0.1) is 12.8 Å². The maximum atomic E-state index is 12.5. The number of nitrogens with one attached hydrogen (secondary N) is 1. The van der Waals surface area contributed by atoms with Crippen LogP contribution in [-0.2, 0) is 4.74 Å². The van der Waals surface area contributed by atoms with Gasteiger partial charge in [0, 0.05) is 19.7 Å². The Kier molecular flexibility index (Phi) is 9.92. The molecule has 1 unspecified atom stereocenters. The lowest BCUT2D eigenvalue weighted by Gasteiger charge is -2.18. The van der Waals surface area contributed by atoms with Crippen LogP contribution in [0.5, 0.6) is 5.75 Å². The fraction of sp³-hybridized carbons (Fsp3) is 0.526. The van der Waals surface area contributed by atoms with Gasteiger partial charge in [-0.15, -0.1) is 17.5 Å². The van der Waals surface area contributed by atoms with Crippen LogP contribution in [0.2, 0.25) is 0 Å². The second-order valence-corrected chi connectivity index (χ2v) is 6.79. The Morgan fingerprint density at radius 3 is 2.46 bits per heavy atom. The molecule has 156 valence electrons. The van der Waals surface area contributed by atoms with Gasteiger partial charge in [-0.3, -0.25) is 4.79 Å². The minimum Gasteiger partial charge on any atom is -0.491 e. The van der Waals surface area contributed by atoms with Crippen molar-refractivity contribution < 1.29 is 14.3 Å². The predicted octanol–water partition coefficient (Wildman–Crippen LogP) is 2.13. The lowest BCUT2D eigenvalue weighted by atomic mass is 10.0. The van der Waals surface area contributed by atoms with Gasteiger partial charge in [0.15, 0.2) is 5.69 Å². The first kappa shape index (κ1) is 23.9. The molecule has 2 aromatic rings. The lowest BCUT2D eigenvalue weighted by Crippen LogP contribution is -2.41. The van der Waals surface area contributed by atoms with Crippen LogP contribution >= 0.6 is 12.4 Å². The summed E-state index contributed by atoms with van der Waals surface area (Å²) in [6, 6.07) is 7.26. The van der Waals surface area contributed by atoms with Gasteiger partial charge in [0.25, 0.3) is 5.91 Å². The van der Waals surface area contributed by atoms with Gasteiger partial charge in [0.2, 0.25) is 0 Å². The summed E-state index contributed by atoms with van der Waals surface area (Å²) in [5.41, 5.74) is 7.37. The largest absolute Gasteiger partial charge is 0.491 e. The highest BCUT2D eigenvalue weighted by atomic mass is 35.5. The summed E-state index contributed by atoms with van der Waals surface area (Å²) in [6.07, 6.45) is 0.819. The average Bonchev–Trinajstić information content (AvgIpc) is 3.03. The molecule has 1 aromatic heterocycles. The minimum atomic E-state index is -0.255. The van der Waals surface area contributed by atoms with Crippen molar-refractivity contribution in [1.82, 2.24) is 20.3 Å². The molecule has 28 heavy (non-hydrogen) atoms. The van der Waals surface area contributed by atoms with E-state index in [9.17, 15) is 4.79 Å². The topological polar surface area (TPSA) is 104 Å². The number of ether oxygens (including phenoxy) is 2. The molecule has 2 rings (SSSR count). The predicted molar refractivity (Wildman–Crippen MR) is 110 cm³/mol. The third-order valence-corrected chi connectivity index (χ3v) is 4.00.